The largest absolute Gasteiger partial charge is 0.330 e. The van der Waals surface area contributed by atoms with E-state index in [4.69, 9.17) is 5.26 Å². The summed E-state index contributed by atoms with van der Waals surface area (Å²) in [6.45, 7) is 8.81. The first-order chi connectivity index (χ1) is 17.5. The van der Waals surface area contributed by atoms with E-state index in [0.29, 0.717) is 19.0 Å². The molecule has 4 heteroatoms. The van der Waals surface area contributed by atoms with Gasteiger partial charge in [0.2, 0.25) is 0 Å². The molecule has 36 heavy (non-hydrogen) atoms. The summed E-state index contributed by atoms with van der Waals surface area (Å²) in [7, 11) is 0. The fraction of sp³-hybridized carbons (Fsp3) is 0.375. The van der Waals surface area contributed by atoms with E-state index in [2.05, 4.69) is 73.3 Å². The number of nitriles is 1. The number of amides is 1. The number of aryl methyl sites for hydroxylation is 2. The molecule has 0 radical (unpaired) electrons. The summed E-state index contributed by atoms with van der Waals surface area (Å²) in [4.78, 5) is 17.7. The molecule has 1 saturated heterocycles. The highest BCUT2D eigenvalue weighted by Gasteiger charge is 2.30. The highest BCUT2D eigenvalue weighted by Crippen LogP contribution is 2.31. The minimum Gasteiger partial charge on any atom is -0.330 e. The van der Waals surface area contributed by atoms with Gasteiger partial charge in [0.15, 0.2) is 0 Å². The molecule has 1 fully saturated rings. The summed E-state index contributed by atoms with van der Waals surface area (Å²) in [6.07, 6.45) is 4.52. The molecule has 3 aromatic carbocycles. The second kappa shape index (κ2) is 10.7. The number of carbonyl (C=O) groups is 1. The molecule has 3 aromatic rings. The van der Waals surface area contributed by atoms with E-state index in [1.54, 1.807) is 0 Å². The van der Waals surface area contributed by atoms with Crippen molar-refractivity contribution >= 4 is 5.91 Å². The Morgan fingerprint density at radius 1 is 0.889 bits per heavy atom. The van der Waals surface area contributed by atoms with Crippen molar-refractivity contribution in [3.63, 3.8) is 0 Å². The summed E-state index contributed by atoms with van der Waals surface area (Å²) >= 11 is 0. The molecule has 0 bridgehead atoms. The summed E-state index contributed by atoms with van der Waals surface area (Å²) in [5.41, 5.74) is 9.12. The Hall–Kier alpha value is -3.42. The molecule has 0 aliphatic carbocycles. The third kappa shape index (κ3) is 5.37. The van der Waals surface area contributed by atoms with Crippen LogP contribution in [-0.4, -0.2) is 28.8 Å². The fourth-order valence-electron chi connectivity index (χ4n) is 5.78. The van der Waals surface area contributed by atoms with Gasteiger partial charge in [0.05, 0.1) is 11.6 Å². The van der Waals surface area contributed by atoms with E-state index in [-0.39, 0.29) is 5.91 Å². The van der Waals surface area contributed by atoms with Gasteiger partial charge in [-0.05, 0) is 97.1 Å². The number of fused-ring (bicyclic) bond motifs is 1. The van der Waals surface area contributed by atoms with Crippen LogP contribution in [0.15, 0.2) is 60.7 Å². The first-order valence-corrected chi connectivity index (χ1v) is 13.2. The zero-order valence-electron chi connectivity index (χ0n) is 21.5. The molecule has 0 unspecified atom stereocenters. The molecular weight excluding hydrogens is 442 g/mol. The molecule has 184 valence electrons. The van der Waals surface area contributed by atoms with Crippen LogP contribution in [0.3, 0.4) is 0 Å². The molecule has 4 nitrogen and oxygen atoms in total. The van der Waals surface area contributed by atoms with Crippen LogP contribution in [0.25, 0.3) is 0 Å². The molecule has 0 aromatic heterocycles. The minimum absolute atomic E-state index is 0.171. The van der Waals surface area contributed by atoms with Crippen molar-refractivity contribution in [1.29, 1.82) is 5.26 Å². The average molecular weight is 478 g/mol. The Morgan fingerprint density at radius 3 is 2.19 bits per heavy atom. The van der Waals surface area contributed by atoms with E-state index >= 15 is 0 Å². The molecule has 0 atom stereocenters. The maximum Gasteiger partial charge on any atom is 0.255 e. The van der Waals surface area contributed by atoms with Gasteiger partial charge in [0.25, 0.3) is 5.91 Å². The van der Waals surface area contributed by atoms with Gasteiger partial charge in [-0.15, -0.1) is 0 Å². The molecular formula is C32H35N3O. The molecule has 0 N–H and O–H groups in total. The number of hydrogen-bond acceptors (Lipinski definition) is 3. The lowest BCUT2D eigenvalue weighted by Gasteiger charge is -2.32. The number of benzene rings is 3. The van der Waals surface area contributed by atoms with Crippen LogP contribution in [-0.2, 0) is 32.5 Å². The first kappa shape index (κ1) is 24.3. The Kier molecular flexibility index (Phi) is 7.20. The van der Waals surface area contributed by atoms with Crippen molar-refractivity contribution in [2.24, 2.45) is 5.92 Å². The summed E-state index contributed by atoms with van der Waals surface area (Å²) < 4.78 is 0. The molecule has 0 saturated carbocycles. The highest BCUT2D eigenvalue weighted by atomic mass is 16.2. The smallest absolute Gasteiger partial charge is 0.255 e. The van der Waals surface area contributed by atoms with Gasteiger partial charge in [-0.1, -0.05) is 55.5 Å². The van der Waals surface area contributed by atoms with Gasteiger partial charge in [-0.3, -0.25) is 9.69 Å². The van der Waals surface area contributed by atoms with Crippen LogP contribution in [0.5, 0.6) is 0 Å². The van der Waals surface area contributed by atoms with Gasteiger partial charge in [-0.2, -0.15) is 5.26 Å². The normalized spacial score (nSPS) is 16.2. The van der Waals surface area contributed by atoms with E-state index < -0.39 is 0 Å². The van der Waals surface area contributed by atoms with Crippen molar-refractivity contribution in [3.05, 3.63) is 105 Å². The molecule has 0 spiro atoms. The standard InChI is InChI=1S/C32H35N3O/c1-3-24-4-8-28(9-5-24)21-35-22-30-18-29(16-23(2)31(30)32(35)36)17-25-12-14-34(15-13-25)20-27-10-6-26(19-33)7-11-27/h4-11,16,18,25H,3,12-15,17,20-22H2,1-2H3. The maximum absolute atomic E-state index is 13.2. The maximum atomic E-state index is 13.2. The van der Waals surface area contributed by atoms with Crippen LogP contribution in [0.2, 0.25) is 0 Å². The minimum atomic E-state index is 0.171. The summed E-state index contributed by atoms with van der Waals surface area (Å²) in [6, 6.07) is 23.3. The van der Waals surface area contributed by atoms with Gasteiger partial charge < -0.3 is 4.90 Å². The van der Waals surface area contributed by atoms with Gasteiger partial charge in [-0.25, -0.2) is 0 Å². The van der Waals surface area contributed by atoms with Crippen LogP contribution in [0.4, 0.5) is 0 Å². The Bertz CT molecular complexity index is 1260. The SMILES string of the molecule is CCc1ccc(CN2Cc3cc(CC4CCN(Cc5ccc(C#N)cc5)CC4)cc(C)c3C2=O)cc1. The van der Waals surface area contributed by atoms with Crippen LogP contribution < -0.4 is 0 Å². The zero-order valence-corrected chi connectivity index (χ0v) is 21.5. The summed E-state index contributed by atoms with van der Waals surface area (Å²) in [5, 5.41) is 8.99. The van der Waals surface area contributed by atoms with E-state index in [9.17, 15) is 4.79 Å². The lowest BCUT2D eigenvalue weighted by molar-refractivity contribution is 0.0766. The highest BCUT2D eigenvalue weighted by molar-refractivity contribution is 5.99. The zero-order chi connectivity index (χ0) is 25.1. The molecule has 2 heterocycles. The number of carbonyl (C=O) groups excluding carboxylic acids is 1. The van der Waals surface area contributed by atoms with Crippen molar-refractivity contribution in [2.45, 2.75) is 59.2 Å². The third-order valence-electron chi connectivity index (χ3n) is 7.86. The Labute approximate surface area is 215 Å². The van der Waals surface area contributed by atoms with Crippen LogP contribution in [0, 0.1) is 24.2 Å². The Balaban J connectivity index is 1.17. The third-order valence-corrected chi connectivity index (χ3v) is 7.86. The number of piperidine rings is 1. The van der Waals surface area contributed by atoms with E-state index in [1.807, 2.05) is 17.0 Å². The number of likely N-dealkylation sites (tertiary alicyclic amines) is 1. The topological polar surface area (TPSA) is 47.3 Å². The second-order valence-electron chi connectivity index (χ2n) is 10.5. The number of nitrogens with zero attached hydrogens (tertiary/aromatic N) is 3. The predicted molar refractivity (Wildman–Crippen MR) is 143 cm³/mol. The first-order valence-electron chi connectivity index (χ1n) is 13.2. The van der Waals surface area contributed by atoms with Gasteiger partial charge >= 0.3 is 0 Å². The number of hydrogen-bond donors (Lipinski definition) is 0. The lowest BCUT2D eigenvalue weighted by Crippen LogP contribution is -2.33. The van der Waals surface area contributed by atoms with E-state index in [0.717, 1.165) is 49.2 Å². The Morgan fingerprint density at radius 2 is 1.53 bits per heavy atom. The molecule has 1 amide bonds. The quantitative estimate of drug-likeness (QED) is 0.417. The van der Waals surface area contributed by atoms with Crippen molar-refractivity contribution in [3.8, 4) is 6.07 Å². The lowest BCUT2D eigenvalue weighted by atomic mass is 9.88. The summed E-state index contributed by atoms with van der Waals surface area (Å²) in [5.74, 6) is 0.856. The van der Waals surface area contributed by atoms with Gasteiger partial charge in [0.1, 0.15) is 0 Å². The molecule has 2 aliphatic heterocycles. The van der Waals surface area contributed by atoms with Crippen molar-refractivity contribution in [1.82, 2.24) is 9.80 Å². The van der Waals surface area contributed by atoms with Gasteiger partial charge in [0, 0.05) is 25.2 Å². The predicted octanol–water partition coefficient (Wildman–Crippen LogP) is 6.04. The van der Waals surface area contributed by atoms with E-state index in [1.165, 1.54) is 40.7 Å². The van der Waals surface area contributed by atoms with Crippen molar-refractivity contribution in [2.75, 3.05) is 13.1 Å². The average Bonchev–Trinajstić information content (AvgIpc) is 3.21. The van der Waals surface area contributed by atoms with Crippen LogP contribution >= 0.6 is 0 Å². The number of rotatable bonds is 7. The molecule has 2 aliphatic rings. The second-order valence-corrected chi connectivity index (χ2v) is 10.5. The molecule has 5 rings (SSSR count). The van der Waals surface area contributed by atoms with Crippen molar-refractivity contribution < 1.29 is 4.79 Å². The monoisotopic (exact) mass is 477 g/mol. The van der Waals surface area contributed by atoms with Crippen LogP contribution in [0.1, 0.15) is 69.1 Å². The fourth-order valence-corrected chi connectivity index (χ4v) is 5.78.